The molecule has 0 amide bonds. The lowest BCUT2D eigenvalue weighted by molar-refractivity contribution is 0.843. The van der Waals surface area contributed by atoms with Crippen LogP contribution in [-0.4, -0.2) is 14.2 Å². The Balaban J connectivity index is 1.35. The van der Waals surface area contributed by atoms with Crippen LogP contribution in [0.1, 0.15) is 6.92 Å². The van der Waals surface area contributed by atoms with Crippen molar-refractivity contribution in [2.45, 2.75) is 13.1 Å². The smallest absolute Gasteiger partial charge is 0.180 e. The molecule has 8 aromatic rings. The molecule has 0 fully saturated rings. The summed E-state index contributed by atoms with van der Waals surface area (Å²) in [5, 5.41) is 14.4. The van der Waals surface area contributed by atoms with E-state index in [0.29, 0.717) is 0 Å². The molecule has 0 spiro atoms. The Morgan fingerprint density at radius 3 is 1.39 bits per heavy atom. The lowest BCUT2D eigenvalue weighted by atomic mass is 9.91. The van der Waals surface area contributed by atoms with E-state index in [4.69, 9.17) is 0 Å². The van der Waals surface area contributed by atoms with Crippen molar-refractivity contribution in [1.82, 2.24) is 0 Å². The first-order valence-electron chi connectivity index (χ1n) is 17.1. The summed E-state index contributed by atoms with van der Waals surface area (Å²) in [7, 11) is -2.83. The molecule has 0 saturated carbocycles. The molecule has 234 valence electrons. The van der Waals surface area contributed by atoms with Gasteiger partial charge in [0.2, 0.25) is 0 Å². The zero-order chi connectivity index (χ0) is 32.8. The molecule has 3 heteroatoms. The van der Waals surface area contributed by atoms with Gasteiger partial charge in [0, 0.05) is 5.69 Å². The monoisotopic (exact) mass is 644 g/mol. The number of nitrogens with one attached hydrogen (secondary N) is 1. The first kappa shape index (κ1) is 29.3. The topological polar surface area (TPSA) is 15.3 Å². The Kier molecular flexibility index (Phi) is 7.14. The highest BCUT2D eigenvalue weighted by Gasteiger charge is 2.44. The summed E-state index contributed by atoms with van der Waals surface area (Å²) in [6, 6.07) is 69.8. The van der Waals surface area contributed by atoms with Gasteiger partial charge in [-0.25, -0.2) is 0 Å². The van der Waals surface area contributed by atoms with Gasteiger partial charge in [-0.15, -0.1) is 0 Å². The molecule has 1 N–H and O–H groups in total. The van der Waals surface area contributed by atoms with E-state index in [1.54, 1.807) is 0 Å². The fourth-order valence-electron chi connectivity index (χ4n) is 8.30. The summed E-state index contributed by atoms with van der Waals surface area (Å²) in [6.45, 7) is 2.22. The highest BCUT2D eigenvalue weighted by molar-refractivity contribution is 7.21. The maximum atomic E-state index is 3.63. The fraction of sp³-hybridized carbons (Fsp3) is 0.0435. The van der Waals surface area contributed by atoms with Gasteiger partial charge in [-0.05, 0) is 84.6 Å². The normalized spacial score (nSPS) is 14.1. The number of para-hydroxylation sites is 2. The van der Waals surface area contributed by atoms with Crippen LogP contribution in [0.15, 0.2) is 188 Å². The molecule has 1 unspecified atom stereocenters. The van der Waals surface area contributed by atoms with Gasteiger partial charge in [0.15, 0.2) is 8.07 Å². The molecule has 1 heterocycles. The number of hydrogen-bond donors (Lipinski definition) is 1. The first-order valence-corrected chi connectivity index (χ1v) is 19.1. The molecule has 0 aliphatic carbocycles. The van der Waals surface area contributed by atoms with Crippen molar-refractivity contribution in [3.63, 3.8) is 0 Å². The van der Waals surface area contributed by atoms with Crippen LogP contribution in [0, 0.1) is 0 Å². The predicted octanol–water partition coefficient (Wildman–Crippen LogP) is 8.95. The SMILES string of the molecule is CC1Nc2ccccc2N1c1ccc(-c2c3ccccc3c([Si](c3ccccc3)(c3ccccc3)c3ccccc3)c3ccccc23)cc1. The van der Waals surface area contributed by atoms with Gasteiger partial charge in [0.1, 0.15) is 6.17 Å². The predicted molar refractivity (Wildman–Crippen MR) is 212 cm³/mol. The van der Waals surface area contributed by atoms with Crippen LogP contribution in [0.3, 0.4) is 0 Å². The lowest BCUT2D eigenvalue weighted by Crippen LogP contribution is -2.75. The summed E-state index contributed by atoms with van der Waals surface area (Å²) >= 11 is 0. The minimum absolute atomic E-state index is 0.177. The third-order valence-corrected chi connectivity index (χ3v) is 15.2. The highest BCUT2D eigenvalue weighted by Crippen LogP contribution is 2.42. The van der Waals surface area contributed by atoms with Crippen LogP contribution in [0.5, 0.6) is 0 Å². The summed E-state index contributed by atoms with van der Waals surface area (Å²) in [4.78, 5) is 2.39. The number of nitrogens with zero attached hydrogens (tertiary/aromatic N) is 1. The molecule has 0 radical (unpaired) electrons. The van der Waals surface area contributed by atoms with Crippen molar-refractivity contribution in [3.05, 3.63) is 188 Å². The standard InChI is InChI=1S/C46H36N2Si/c1-33-47-43-27-15-16-28-44(43)48(33)35-31-29-34(30-32-35)45-39-23-11-13-25-41(39)46(42-26-14-12-24-40(42)45)49(36-17-5-2-6-18-36,37-19-7-3-8-20-37)38-21-9-4-10-22-38/h2-33,47H,1H3. The van der Waals surface area contributed by atoms with E-state index in [9.17, 15) is 0 Å². The number of rotatable bonds is 6. The van der Waals surface area contributed by atoms with Crippen molar-refractivity contribution < 1.29 is 0 Å². The van der Waals surface area contributed by atoms with Gasteiger partial charge >= 0.3 is 0 Å². The van der Waals surface area contributed by atoms with Crippen LogP contribution in [-0.2, 0) is 0 Å². The van der Waals surface area contributed by atoms with Crippen LogP contribution in [0.25, 0.3) is 32.7 Å². The summed E-state index contributed by atoms with van der Waals surface area (Å²) in [6.07, 6.45) is 0.177. The van der Waals surface area contributed by atoms with Crippen molar-refractivity contribution in [3.8, 4) is 11.1 Å². The third kappa shape index (κ3) is 4.62. The zero-order valence-corrected chi connectivity index (χ0v) is 28.4. The number of hydrogen-bond acceptors (Lipinski definition) is 2. The second-order valence-electron chi connectivity index (χ2n) is 12.9. The third-order valence-electron chi connectivity index (χ3n) is 10.3. The molecule has 8 aromatic carbocycles. The second-order valence-corrected chi connectivity index (χ2v) is 16.7. The van der Waals surface area contributed by atoms with Gasteiger partial charge in [0.25, 0.3) is 0 Å². The average molecular weight is 645 g/mol. The molecular weight excluding hydrogens is 609 g/mol. The molecule has 1 aliphatic rings. The van der Waals surface area contributed by atoms with Crippen LogP contribution >= 0.6 is 0 Å². The van der Waals surface area contributed by atoms with Crippen molar-refractivity contribution in [2.24, 2.45) is 0 Å². The Labute approximate surface area is 288 Å². The Morgan fingerprint density at radius 2 is 0.878 bits per heavy atom. The van der Waals surface area contributed by atoms with E-state index in [2.05, 4.69) is 205 Å². The molecule has 9 rings (SSSR count). The minimum Gasteiger partial charge on any atom is -0.363 e. The molecule has 1 aliphatic heterocycles. The molecule has 0 bridgehead atoms. The lowest BCUT2D eigenvalue weighted by Gasteiger charge is -2.37. The van der Waals surface area contributed by atoms with Crippen molar-refractivity contribution >= 4 is 67.4 Å². The van der Waals surface area contributed by atoms with Gasteiger partial charge in [0.05, 0.1) is 11.4 Å². The number of fused-ring (bicyclic) bond motifs is 3. The van der Waals surface area contributed by atoms with Gasteiger partial charge in [-0.1, -0.05) is 164 Å². The Bertz CT molecular complexity index is 2270. The van der Waals surface area contributed by atoms with Crippen LogP contribution in [0.4, 0.5) is 17.1 Å². The second kappa shape index (κ2) is 12.0. The fourth-order valence-corrected chi connectivity index (χ4v) is 13.5. The van der Waals surface area contributed by atoms with E-state index in [-0.39, 0.29) is 6.17 Å². The summed E-state index contributed by atoms with van der Waals surface area (Å²) in [5.74, 6) is 0. The average Bonchev–Trinajstić information content (AvgIpc) is 3.52. The molecule has 49 heavy (non-hydrogen) atoms. The molecule has 2 nitrogen and oxygen atoms in total. The summed E-state index contributed by atoms with van der Waals surface area (Å²) < 4.78 is 0. The maximum absolute atomic E-state index is 3.63. The van der Waals surface area contributed by atoms with Crippen LogP contribution in [0.2, 0.25) is 0 Å². The van der Waals surface area contributed by atoms with E-state index >= 15 is 0 Å². The highest BCUT2D eigenvalue weighted by atomic mass is 28.3. The van der Waals surface area contributed by atoms with Crippen molar-refractivity contribution in [1.29, 1.82) is 0 Å². The van der Waals surface area contributed by atoms with E-state index in [1.807, 2.05) is 0 Å². The quantitative estimate of drug-likeness (QED) is 0.110. The summed E-state index contributed by atoms with van der Waals surface area (Å²) in [5.41, 5.74) is 6.08. The van der Waals surface area contributed by atoms with E-state index < -0.39 is 8.07 Å². The molecule has 0 saturated heterocycles. The van der Waals surface area contributed by atoms with Gasteiger partial charge in [-0.2, -0.15) is 0 Å². The minimum atomic E-state index is -2.83. The van der Waals surface area contributed by atoms with Crippen LogP contribution < -0.4 is 31.0 Å². The maximum Gasteiger partial charge on any atom is 0.180 e. The largest absolute Gasteiger partial charge is 0.363 e. The Hall–Kier alpha value is -5.90. The van der Waals surface area contributed by atoms with E-state index in [1.165, 1.54) is 70.5 Å². The first-order chi connectivity index (χ1) is 24.2. The molecule has 0 aromatic heterocycles. The van der Waals surface area contributed by atoms with Gasteiger partial charge in [-0.3, -0.25) is 0 Å². The molecule has 1 atom stereocenters. The molecular formula is C46H36N2Si. The number of benzene rings is 8. The van der Waals surface area contributed by atoms with E-state index in [0.717, 1.165) is 0 Å². The van der Waals surface area contributed by atoms with Gasteiger partial charge < -0.3 is 10.2 Å². The Morgan fingerprint density at radius 1 is 0.449 bits per heavy atom. The number of anilines is 3. The van der Waals surface area contributed by atoms with Crippen molar-refractivity contribution in [2.75, 3.05) is 10.2 Å². The zero-order valence-electron chi connectivity index (χ0n) is 27.4.